The number of rotatable bonds is 4. The molecule has 0 aromatic carbocycles. The van der Waals surface area contributed by atoms with Crippen LogP contribution in [0.15, 0.2) is 22.1 Å². The zero-order valence-electron chi connectivity index (χ0n) is 9.00. The molecule has 2 rings (SSSR count). The van der Waals surface area contributed by atoms with Crippen LogP contribution in [0.3, 0.4) is 0 Å². The van der Waals surface area contributed by atoms with Crippen LogP contribution in [0.2, 0.25) is 0 Å². The molecule has 0 fully saturated rings. The van der Waals surface area contributed by atoms with Gasteiger partial charge in [-0.3, -0.25) is 0 Å². The molecule has 17 heavy (non-hydrogen) atoms. The molecule has 0 aliphatic carbocycles. The Labute approximate surface area is 110 Å². The number of anilines is 2. The number of nitrogens with zero attached hydrogens (tertiary/aromatic N) is 2. The average Bonchev–Trinajstić information content (AvgIpc) is 2.74. The third-order valence-electron chi connectivity index (χ3n) is 2.08. The van der Waals surface area contributed by atoms with Crippen molar-refractivity contribution in [2.24, 2.45) is 0 Å². The fourth-order valence-corrected chi connectivity index (χ4v) is 2.66. The van der Waals surface area contributed by atoms with Crippen molar-refractivity contribution < 1.29 is 4.39 Å². The molecule has 2 N–H and O–H groups in total. The van der Waals surface area contributed by atoms with Crippen LogP contribution in [0, 0.1) is 5.82 Å². The van der Waals surface area contributed by atoms with E-state index in [0.717, 1.165) is 15.5 Å². The smallest absolute Gasteiger partial charge is 0.224 e. The van der Waals surface area contributed by atoms with E-state index in [0.29, 0.717) is 12.5 Å². The average molecular weight is 317 g/mol. The third kappa shape index (κ3) is 2.92. The molecule has 2 aromatic heterocycles. The van der Waals surface area contributed by atoms with Gasteiger partial charge in [-0.15, -0.1) is 11.3 Å². The van der Waals surface area contributed by atoms with Gasteiger partial charge in [0.1, 0.15) is 0 Å². The number of halogens is 2. The highest BCUT2D eigenvalue weighted by molar-refractivity contribution is 9.10. The second-order valence-corrected chi connectivity index (χ2v) is 5.04. The molecule has 0 spiro atoms. The van der Waals surface area contributed by atoms with E-state index in [1.165, 1.54) is 0 Å². The van der Waals surface area contributed by atoms with Gasteiger partial charge in [0.05, 0.1) is 12.7 Å². The molecule has 0 unspecified atom stereocenters. The summed E-state index contributed by atoms with van der Waals surface area (Å²) in [5, 5.41) is 7.68. The van der Waals surface area contributed by atoms with Crippen molar-refractivity contribution in [2.75, 3.05) is 17.7 Å². The van der Waals surface area contributed by atoms with Crippen LogP contribution < -0.4 is 10.6 Å². The number of thiophene rings is 1. The van der Waals surface area contributed by atoms with Crippen LogP contribution in [0.25, 0.3) is 0 Å². The number of hydrogen-bond donors (Lipinski definition) is 2. The predicted octanol–water partition coefficient (Wildman–Crippen LogP) is 3.09. The third-order valence-corrected chi connectivity index (χ3v) is 4.00. The second-order valence-electron chi connectivity index (χ2n) is 3.19. The second kappa shape index (κ2) is 5.42. The van der Waals surface area contributed by atoms with E-state index in [9.17, 15) is 4.39 Å². The highest BCUT2D eigenvalue weighted by Gasteiger charge is 2.07. The molecule has 0 aliphatic rings. The van der Waals surface area contributed by atoms with Crippen molar-refractivity contribution in [1.29, 1.82) is 0 Å². The fraction of sp³-hybridized carbons (Fsp3) is 0.200. The van der Waals surface area contributed by atoms with E-state index in [1.807, 2.05) is 11.4 Å². The van der Waals surface area contributed by atoms with E-state index in [-0.39, 0.29) is 5.82 Å². The Morgan fingerprint density at radius 1 is 1.53 bits per heavy atom. The molecule has 90 valence electrons. The Bertz CT molecular complexity index is 517. The Morgan fingerprint density at radius 3 is 3.00 bits per heavy atom. The first-order valence-electron chi connectivity index (χ1n) is 4.86. The van der Waals surface area contributed by atoms with Crippen LogP contribution in [0.4, 0.5) is 16.2 Å². The summed E-state index contributed by atoms with van der Waals surface area (Å²) in [6.07, 6.45) is 1.14. The molecule has 0 bridgehead atoms. The van der Waals surface area contributed by atoms with Crippen LogP contribution >= 0.6 is 27.3 Å². The Kier molecular flexibility index (Phi) is 3.90. The maximum Gasteiger partial charge on any atom is 0.224 e. The van der Waals surface area contributed by atoms with Gasteiger partial charge in [0.2, 0.25) is 5.95 Å². The largest absolute Gasteiger partial charge is 0.363 e. The summed E-state index contributed by atoms with van der Waals surface area (Å²) in [6, 6.07) is 1.96. The molecule has 0 saturated carbocycles. The van der Waals surface area contributed by atoms with Gasteiger partial charge < -0.3 is 10.6 Å². The lowest BCUT2D eigenvalue weighted by atomic mass is 10.4. The summed E-state index contributed by atoms with van der Waals surface area (Å²) >= 11 is 5.01. The van der Waals surface area contributed by atoms with Gasteiger partial charge in [0.15, 0.2) is 11.6 Å². The van der Waals surface area contributed by atoms with Crippen molar-refractivity contribution >= 4 is 39.0 Å². The minimum absolute atomic E-state index is 0.199. The zero-order valence-corrected chi connectivity index (χ0v) is 11.4. The van der Waals surface area contributed by atoms with Gasteiger partial charge in [0.25, 0.3) is 0 Å². The molecule has 7 heteroatoms. The van der Waals surface area contributed by atoms with Gasteiger partial charge in [0, 0.05) is 16.4 Å². The lowest BCUT2D eigenvalue weighted by molar-refractivity contribution is 0.617. The molecule has 0 amide bonds. The molecule has 2 heterocycles. The van der Waals surface area contributed by atoms with Crippen molar-refractivity contribution in [3.05, 3.63) is 32.8 Å². The lowest BCUT2D eigenvalue weighted by Gasteiger charge is -2.07. The van der Waals surface area contributed by atoms with Crippen LogP contribution in [0.1, 0.15) is 4.88 Å². The van der Waals surface area contributed by atoms with E-state index in [4.69, 9.17) is 0 Å². The lowest BCUT2D eigenvalue weighted by Crippen LogP contribution is -2.06. The van der Waals surface area contributed by atoms with Gasteiger partial charge in [-0.1, -0.05) is 0 Å². The van der Waals surface area contributed by atoms with Crippen molar-refractivity contribution in [3.63, 3.8) is 0 Å². The van der Waals surface area contributed by atoms with E-state index in [1.54, 1.807) is 18.4 Å². The maximum absolute atomic E-state index is 13.4. The van der Waals surface area contributed by atoms with Crippen LogP contribution in [-0.2, 0) is 6.54 Å². The molecule has 4 nitrogen and oxygen atoms in total. The van der Waals surface area contributed by atoms with Crippen molar-refractivity contribution in [3.8, 4) is 0 Å². The predicted molar refractivity (Wildman–Crippen MR) is 70.9 cm³/mol. The highest BCUT2D eigenvalue weighted by Crippen LogP contribution is 2.23. The highest BCUT2D eigenvalue weighted by atomic mass is 79.9. The fourth-order valence-electron chi connectivity index (χ4n) is 1.23. The Morgan fingerprint density at radius 2 is 2.35 bits per heavy atom. The number of nitrogens with one attached hydrogen (secondary N) is 2. The Hall–Kier alpha value is -1.21. The molecule has 0 radical (unpaired) electrons. The molecule has 0 atom stereocenters. The van der Waals surface area contributed by atoms with Crippen molar-refractivity contribution in [2.45, 2.75) is 6.54 Å². The monoisotopic (exact) mass is 316 g/mol. The number of hydrogen-bond acceptors (Lipinski definition) is 5. The van der Waals surface area contributed by atoms with Gasteiger partial charge in [-0.05, 0) is 27.4 Å². The number of aromatic nitrogens is 2. The zero-order chi connectivity index (χ0) is 12.3. The van der Waals surface area contributed by atoms with Gasteiger partial charge in [-0.2, -0.15) is 4.98 Å². The Balaban J connectivity index is 2.11. The summed E-state index contributed by atoms with van der Waals surface area (Å²) in [5.41, 5.74) is 0. The minimum Gasteiger partial charge on any atom is -0.363 e. The quantitative estimate of drug-likeness (QED) is 0.910. The van der Waals surface area contributed by atoms with E-state index in [2.05, 4.69) is 36.5 Å². The standard InChI is InChI=1S/C10H10BrFN4S/c1-13-10-15-4-7(12)9(16-10)14-5-8-6(11)2-3-17-8/h2-4H,5H2,1H3,(H2,13,14,15,16). The van der Waals surface area contributed by atoms with Crippen LogP contribution in [-0.4, -0.2) is 17.0 Å². The van der Waals surface area contributed by atoms with E-state index >= 15 is 0 Å². The maximum atomic E-state index is 13.4. The van der Waals surface area contributed by atoms with Crippen molar-refractivity contribution in [1.82, 2.24) is 9.97 Å². The SMILES string of the molecule is CNc1ncc(F)c(NCc2sccc2Br)n1. The molecular formula is C10H10BrFN4S. The van der Waals surface area contributed by atoms with Gasteiger partial charge >= 0.3 is 0 Å². The molecule has 0 saturated heterocycles. The van der Waals surface area contributed by atoms with Crippen LogP contribution in [0.5, 0.6) is 0 Å². The summed E-state index contributed by atoms with van der Waals surface area (Å²) in [4.78, 5) is 8.87. The first-order valence-corrected chi connectivity index (χ1v) is 6.54. The van der Waals surface area contributed by atoms with Gasteiger partial charge in [-0.25, -0.2) is 9.37 Å². The molecule has 2 aromatic rings. The first-order chi connectivity index (χ1) is 8.20. The summed E-state index contributed by atoms with van der Waals surface area (Å²) in [5.74, 6) is 0.125. The summed E-state index contributed by atoms with van der Waals surface area (Å²) in [7, 11) is 1.69. The summed E-state index contributed by atoms with van der Waals surface area (Å²) < 4.78 is 14.4. The van der Waals surface area contributed by atoms with E-state index < -0.39 is 5.82 Å². The topological polar surface area (TPSA) is 49.8 Å². The summed E-state index contributed by atoms with van der Waals surface area (Å²) in [6.45, 7) is 0.523. The minimum atomic E-state index is -0.461. The first kappa shape index (κ1) is 12.3. The molecular weight excluding hydrogens is 307 g/mol. The molecule has 0 aliphatic heterocycles. The normalized spacial score (nSPS) is 10.3.